The van der Waals surface area contributed by atoms with Crippen LogP contribution in [0.15, 0.2) is 56.3 Å². The first-order valence-corrected chi connectivity index (χ1v) is 3.14. The summed E-state index contributed by atoms with van der Waals surface area (Å²) in [5.74, 6) is 0. The Labute approximate surface area is 66.9 Å². The zero-order valence-corrected chi connectivity index (χ0v) is 6.31. The van der Waals surface area contributed by atoms with Crippen LogP contribution in [0.2, 0.25) is 0 Å². The van der Waals surface area contributed by atoms with Gasteiger partial charge in [0.25, 0.3) is 0 Å². The van der Waals surface area contributed by atoms with E-state index < -0.39 is 0 Å². The fraction of sp³-hybridized carbons (Fsp3) is 0. The zero-order chi connectivity index (χ0) is 8.36. The average molecular weight is 149 g/mol. The van der Waals surface area contributed by atoms with Crippen LogP contribution >= 0.6 is 0 Å². The normalized spacial score (nSPS) is 6.91. The van der Waals surface area contributed by atoms with Gasteiger partial charge >= 0.3 is 0 Å². The lowest BCUT2D eigenvalue weighted by Crippen LogP contribution is -1.58. The Kier molecular flexibility index (Phi) is 7.23. The maximum absolute atomic E-state index is 4.36. The Morgan fingerprint density at radius 3 is 1.64 bits per heavy atom. The molecule has 2 nitrogen and oxygen atoms in total. The van der Waals surface area contributed by atoms with Crippen LogP contribution in [0, 0.1) is 0 Å². The molecular formula is C9H11NO. The van der Waals surface area contributed by atoms with Crippen molar-refractivity contribution < 1.29 is 4.74 Å². The maximum atomic E-state index is 4.36. The van der Waals surface area contributed by atoms with Gasteiger partial charge < -0.3 is 4.74 Å². The summed E-state index contributed by atoms with van der Waals surface area (Å²) in [7, 11) is 0. The fourth-order valence-corrected chi connectivity index (χ4v) is 0.381. The number of ether oxygens (including phenoxy) is 1. The summed E-state index contributed by atoms with van der Waals surface area (Å²) in [6, 6.07) is 5.72. The van der Waals surface area contributed by atoms with Gasteiger partial charge in [0.1, 0.15) is 0 Å². The summed E-state index contributed by atoms with van der Waals surface area (Å²) in [6.45, 7) is 6.51. The summed E-state index contributed by atoms with van der Waals surface area (Å²) in [4.78, 5) is 3.78. The Morgan fingerprint density at radius 2 is 1.55 bits per heavy atom. The first-order valence-electron chi connectivity index (χ1n) is 3.14. The molecule has 1 aromatic rings. The van der Waals surface area contributed by atoms with E-state index in [1.54, 1.807) is 12.4 Å². The third kappa shape index (κ3) is 8.43. The lowest BCUT2D eigenvalue weighted by Gasteiger charge is -1.76. The van der Waals surface area contributed by atoms with E-state index in [-0.39, 0.29) is 0 Å². The van der Waals surface area contributed by atoms with E-state index in [0.717, 1.165) is 0 Å². The minimum Gasteiger partial charge on any atom is -0.474 e. The van der Waals surface area contributed by atoms with Crippen LogP contribution in [0.1, 0.15) is 0 Å². The van der Waals surface area contributed by atoms with Crippen molar-refractivity contribution in [2.45, 2.75) is 0 Å². The lowest BCUT2D eigenvalue weighted by molar-refractivity contribution is 0.406. The molecule has 0 spiro atoms. The molecule has 0 aliphatic heterocycles. The van der Waals surface area contributed by atoms with Crippen molar-refractivity contribution in [3.8, 4) is 0 Å². The molecule has 0 fully saturated rings. The number of hydrogen-bond acceptors (Lipinski definition) is 2. The minimum absolute atomic E-state index is 1.31. The predicted molar refractivity (Wildman–Crippen MR) is 45.7 cm³/mol. The van der Waals surface area contributed by atoms with Gasteiger partial charge in [-0.1, -0.05) is 19.2 Å². The second-order valence-electron chi connectivity index (χ2n) is 1.49. The van der Waals surface area contributed by atoms with Crippen molar-refractivity contribution in [2.24, 2.45) is 0 Å². The zero-order valence-electron chi connectivity index (χ0n) is 6.31. The topological polar surface area (TPSA) is 22.1 Å². The molecule has 1 rings (SSSR count). The molecule has 0 bridgehead atoms. The molecule has 11 heavy (non-hydrogen) atoms. The smallest absolute Gasteiger partial charge is 0.0829 e. The molecule has 0 aromatic carbocycles. The molecule has 0 saturated carbocycles. The van der Waals surface area contributed by atoms with E-state index in [4.69, 9.17) is 0 Å². The van der Waals surface area contributed by atoms with Gasteiger partial charge in [0.15, 0.2) is 0 Å². The standard InChI is InChI=1S/C5H5N.C4H6O/c1-2-4-6-5-3-1;1-3-5-4-2/h1-5H;3-4H,1-2H2. The first kappa shape index (κ1) is 9.43. The molecular weight excluding hydrogens is 138 g/mol. The lowest BCUT2D eigenvalue weighted by atomic mass is 10.5. The fourth-order valence-electron chi connectivity index (χ4n) is 0.381. The Bertz CT molecular complexity index is 151. The van der Waals surface area contributed by atoms with Crippen LogP contribution in [0.4, 0.5) is 0 Å². The van der Waals surface area contributed by atoms with Gasteiger partial charge in [-0.25, -0.2) is 0 Å². The van der Waals surface area contributed by atoms with Gasteiger partial charge in [0.05, 0.1) is 12.5 Å². The Hall–Kier alpha value is -1.57. The SMILES string of the molecule is C=COC=C.c1ccncc1. The number of nitrogens with zero attached hydrogens (tertiary/aromatic N) is 1. The molecule has 1 aromatic heterocycles. The van der Waals surface area contributed by atoms with E-state index in [9.17, 15) is 0 Å². The van der Waals surface area contributed by atoms with Crippen molar-refractivity contribution >= 4 is 0 Å². The van der Waals surface area contributed by atoms with Crippen molar-refractivity contribution in [3.05, 3.63) is 56.3 Å². The van der Waals surface area contributed by atoms with Crippen molar-refractivity contribution in [2.75, 3.05) is 0 Å². The minimum atomic E-state index is 1.31. The van der Waals surface area contributed by atoms with Crippen molar-refractivity contribution in [1.29, 1.82) is 0 Å². The van der Waals surface area contributed by atoms with Crippen LogP contribution in [0.5, 0.6) is 0 Å². The van der Waals surface area contributed by atoms with E-state index in [0.29, 0.717) is 0 Å². The second kappa shape index (κ2) is 8.43. The van der Waals surface area contributed by atoms with Gasteiger partial charge in [-0.05, 0) is 12.1 Å². The van der Waals surface area contributed by atoms with E-state index in [1.807, 2.05) is 18.2 Å². The molecule has 0 saturated heterocycles. The molecule has 0 aliphatic rings. The highest BCUT2D eigenvalue weighted by molar-refractivity contribution is 4.88. The van der Waals surface area contributed by atoms with Crippen LogP contribution < -0.4 is 0 Å². The number of aromatic nitrogens is 1. The second-order valence-corrected chi connectivity index (χ2v) is 1.49. The monoisotopic (exact) mass is 149 g/mol. The van der Waals surface area contributed by atoms with Gasteiger partial charge in [-0.3, -0.25) is 4.98 Å². The summed E-state index contributed by atoms with van der Waals surface area (Å²) in [5, 5.41) is 0. The van der Waals surface area contributed by atoms with Crippen LogP contribution in [0.3, 0.4) is 0 Å². The number of pyridine rings is 1. The Balaban J connectivity index is 0.000000187. The average Bonchev–Trinajstić information content (AvgIpc) is 2.10. The first-order chi connectivity index (χ1) is 5.41. The van der Waals surface area contributed by atoms with Crippen molar-refractivity contribution in [1.82, 2.24) is 4.98 Å². The number of hydrogen-bond donors (Lipinski definition) is 0. The molecule has 0 aliphatic carbocycles. The van der Waals surface area contributed by atoms with Gasteiger partial charge in [-0.2, -0.15) is 0 Å². The summed E-state index contributed by atoms with van der Waals surface area (Å²) >= 11 is 0. The molecule has 0 radical (unpaired) electrons. The van der Waals surface area contributed by atoms with E-state index >= 15 is 0 Å². The summed E-state index contributed by atoms with van der Waals surface area (Å²) in [5.41, 5.74) is 0. The van der Waals surface area contributed by atoms with Crippen LogP contribution in [-0.4, -0.2) is 4.98 Å². The molecule has 0 N–H and O–H groups in total. The molecule has 0 amide bonds. The number of rotatable bonds is 2. The highest BCUT2D eigenvalue weighted by Gasteiger charge is 1.58. The molecule has 0 unspecified atom stereocenters. The Morgan fingerprint density at radius 1 is 1.00 bits per heavy atom. The van der Waals surface area contributed by atoms with Gasteiger partial charge in [-0.15, -0.1) is 0 Å². The van der Waals surface area contributed by atoms with Crippen LogP contribution in [-0.2, 0) is 4.74 Å². The molecule has 58 valence electrons. The van der Waals surface area contributed by atoms with Crippen LogP contribution in [0.25, 0.3) is 0 Å². The van der Waals surface area contributed by atoms with Gasteiger partial charge in [0.2, 0.25) is 0 Å². The van der Waals surface area contributed by atoms with E-state index in [1.165, 1.54) is 12.5 Å². The third-order valence-electron chi connectivity index (χ3n) is 0.759. The van der Waals surface area contributed by atoms with Gasteiger partial charge in [0, 0.05) is 12.4 Å². The largest absolute Gasteiger partial charge is 0.474 e. The summed E-state index contributed by atoms with van der Waals surface area (Å²) < 4.78 is 4.36. The maximum Gasteiger partial charge on any atom is 0.0829 e. The predicted octanol–water partition coefficient (Wildman–Crippen LogP) is 2.37. The highest BCUT2D eigenvalue weighted by atomic mass is 16.5. The quantitative estimate of drug-likeness (QED) is 0.602. The van der Waals surface area contributed by atoms with Crippen molar-refractivity contribution in [3.63, 3.8) is 0 Å². The highest BCUT2D eigenvalue weighted by Crippen LogP contribution is 1.73. The third-order valence-corrected chi connectivity index (χ3v) is 0.759. The molecule has 1 heterocycles. The molecule has 2 heteroatoms. The van der Waals surface area contributed by atoms with E-state index in [2.05, 4.69) is 22.9 Å². The molecule has 0 atom stereocenters. The summed E-state index contributed by atoms with van der Waals surface area (Å²) in [6.07, 6.45) is 6.12.